The van der Waals surface area contributed by atoms with Gasteiger partial charge < -0.3 is 15.5 Å². The zero-order chi connectivity index (χ0) is 10.4. The van der Waals surface area contributed by atoms with Crippen molar-refractivity contribution >= 4 is 6.03 Å². The molecular weight excluding hydrogens is 178 g/mol. The van der Waals surface area contributed by atoms with Crippen LogP contribution in [0.4, 0.5) is 4.79 Å². The van der Waals surface area contributed by atoms with Crippen molar-refractivity contribution in [1.29, 1.82) is 0 Å². The second-order valence-electron chi connectivity index (χ2n) is 3.89. The number of rotatable bonds is 6. The Morgan fingerprint density at radius 3 is 2.57 bits per heavy atom. The fraction of sp³-hybridized carbons (Fsp3) is 0.900. The zero-order valence-corrected chi connectivity index (χ0v) is 9.18. The SMILES string of the molecule is CCCNC(=O)NCCN(C)C1CC1. The molecule has 14 heavy (non-hydrogen) atoms. The second kappa shape index (κ2) is 5.86. The third-order valence-corrected chi connectivity index (χ3v) is 2.46. The van der Waals surface area contributed by atoms with E-state index in [1.54, 1.807) is 0 Å². The molecule has 1 fully saturated rings. The quantitative estimate of drug-likeness (QED) is 0.664. The highest BCUT2D eigenvalue weighted by atomic mass is 16.2. The van der Waals surface area contributed by atoms with Crippen LogP contribution in [0.25, 0.3) is 0 Å². The van der Waals surface area contributed by atoms with Gasteiger partial charge in [0.05, 0.1) is 0 Å². The van der Waals surface area contributed by atoms with Crippen LogP contribution in [0.1, 0.15) is 26.2 Å². The van der Waals surface area contributed by atoms with Gasteiger partial charge in [-0.05, 0) is 26.3 Å². The molecule has 0 bridgehead atoms. The van der Waals surface area contributed by atoms with Gasteiger partial charge in [-0.1, -0.05) is 6.92 Å². The number of nitrogens with one attached hydrogen (secondary N) is 2. The predicted molar refractivity (Wildman–Crippen MR) is 57.3 cm³/mol. The predicted octanol–water partition coefficient (Wildman–Crippen LogP) is 0.790. The molecule has 0 spiro atoms. The largest absolute Gasteiger partial charge is 0.338 e. The summed E-state index contributed by atoms with van der Waals surface area (Å²) in [6.45, 7) is 4.48. The summed E-state index contributed by atoms with van der Waals surface area (Å²) in [6.07, 6.45) is 3.62. The summed E-state index contributed by atoms with van der Waals surface area (Å²) in [5.41, 5.74) is 0. The fourth-order valence-corrected chi connectivity index (χ4v) is 1.34. The van der Waals surface area contributed by atoms with E-state index in [0.29, 0.717) is 0 Å². The Hall–Kier alpha value is -0.770. The number of likely N-dealkylation sites (N-methyl/N-ethyl adjacent to an activating group) is 1. The van der Waals surface area contributed by atoms with Crippen molar-refractivity contribution in [1.82, 2.24) is 15.5 Å². The Morgan fingerprint density at radius 1 is 1.36 bits per heavy atom. The number of urea groups is 1. The van der Waals surface area contributed by atoms with Crippen molar-refractivity contribution in [3.05, 3.63) is 0 Å². The summed E-state index contributed by atoms with van der Waals surface area (Å²) in [5.74, 6) is 0. The van der Waals surface area contributed by atoms with Gasteiger partial charge >= 0.3 is 6.03 Å². The van der Waals surface area contributed by atoms with Crippen molar-refractivity contribution in [2.24, 2.45) is 0 Å². The molecule has 0 unspecified atom stereocenters. The zero-order valence-electron chi connectivity index (χ0n) is 9.18. The maximum atomic E-state index is 11.1. The van der Waals surface area contributed by atoms with Crippen molar-refractivity contribution in [2.45, 2.75) is 32.2 Å². The molecule has 0 aliphatic heterocycles. The third-order valence-electron chi connectivity index (χ3n) is 2.46. The van der Waals surface area contributed by atoms with Crippen LogP contribution < -0.4 is 10.6 Å². The number of carbonyl (C=O) groups excluding carboxylic acids is 1. The van der Waals surface area contributed by atoms with Crippen molar-refractivity contribution in [2.75, 3.05) is 26.7 Å². The molecule has 0 atom stereocenters. The van der Waals surface area contributed by atoms with Gasteiger partial charge in [0, 0.05) is 25.7 Å². The van der Waals surface area contributed by atoms with Gasteiger partial charge in [-0.25, -0.2) is 4.79 Å². The Labute approximate surface area is 86.0 Å². The summed E-state index contributed by atoms with van der Waals surface area (Å²) in [6, 6.07) is 0.728. The van der Waals surface area contributed by atoms with E-state index < -0.39 is 0 Å². The van der Waals surface area contributed by atoms with Crippen LogP contribution in [0, 0.1) is 0 Å². The average Bonchev–Trinajstić information content (AvgIpc) is 2.97. The van der Waals surface area contributed by atoms with Gasteiger partial charge in [-0.15, -0.1) is 0 Å². The Bertz CT molecular complexity index is 180. The lowest BCUT2D eigenvalue weighted by Gasteiger charge is -2.15. The lowest BCUT2D eigenvalue weighted by atomic mass is 10.5. The van der Waals surface area contributed by atoms with E-state index in [-0.39, 0.29) is 6.03 Å². The highest BCUT2D eigenvalue weighted by Crippen LogP contribution is 2.24. The molecule has 0 saturated heterocycles. The summed E-state index contributed by atoms with van der Waals surface area (Å²) < 4.78 is 0. The molecule has 0 aromatic rings. The van der Waals surface area contributed by atoms with E-state index in [1.807, 2.05) is 6.92 Å². The van der Waals surface area contributed by atoms with Gasteiger partial charge in [0.2, 0.25) is 0 Å². The summed E-state index contributed by atoms with van der Waals surface area (Å²) in [4.78, 5) is 13.4. The summed E-state index contributed by atoms with van der Waals surface area (Å²) in [7, 11) is 2.11. The minimum absolute atomic E-state index is 0.0453. The van der Waals surface area contributed by atoms with Gasteiger partial charge in [0.25, 0.3) is 0 Å². The van der Waals surface area contributed by atoms with E-state index in [4.69, 9.17) is 0 Å². The van der Waals surface area contributed by atoms with Gasteiger partial charge in [0.1, 0.15) is 0 Å². The molecule has 4 nitrogen and oxygen atoms in total. The Kier molecular flexibility index (Phi) is 4.73. The van der Waals surface area contributed by atoms with Gasteiger partial charge in [-0.2, -0.15) is 0 Å². The molecule has 1 saturated carbocycles. The first-order chi connectivity index (χ1) is 6.74. The normalized spacial score (nSPS) is 15.6. The second-order valence-corrected chi connectivity index (χ2v) is 3.89. The molecule has 1 aliphatic carbocycles. The van der Waals surface area contributed by atoms with E-state index in [0.717, 1.165) is 32.1 Å². The monoisotopic (exact) mass is 199 g/mol. The van der Waals surface area contributed by atoms with E-state index in [9.17, 15) is 4.79 Å². The smallest absolute Gasteiger partial charge is 0.314 e. The van der Waals surface area contributed by atoms with Crippen LogP contribution in [0.2, 0.25) is 0 Å². The van der Waals surface area contributed by atoms with Crippen molar-refractivity contribution in [3.8, 4) is 0 Å². The molecular formula is C10H21N3O. The standard InChI is InChI=1S/C10H21N3O/c1-3-6-11-10(14)12-7-8-13(2)9-4-5-9/h9H,3-8H2,1-2H3,(H2,11,12,14). The third kappa shape index (κ3) is 4.46. The first kappa shape index (κ1) is 11.3. The maximum Gasteiger partial charge on any atom is 0.314 e. The number of hydrogen-bond acceptors (Lipinski definition) is 2. The molecule has 1 aliphatic rings. The lowest BCUT2D eigenvalue weighted by molar-refractivity contribution is 0.238. The van der Waals surface area contributed by atoms with Crippen LogP contribution >= 0.6 is 0 Å². The molecule has 2 amide bonds. The molecule has 0 heterocycles. The minimum atomic E-state index is -0.0453. The summed E-state index contributed by atoms with van der Waals surface area (Å²) >= 11 is 0. The molecule has 0 aromatic carbocycles. The molecule has 82 valence electrons. The fourth-order valence-electron chi connectivity index (χ4n) is 1.34. The topological polar surface area (TPSA) is 44.4 Å². The number of amides is 2. The van der Waals surface area contributed by atoms with Crippen LogP contribution in [0.3, 0.4) is 0 Å². The van der Waals surface area contributed by atoms with Gasteiger partial charge in [-0.3, -0.25) is 0 Å². The molecule has 1 rings (SSSR count). The van der Waals surface area contributed by atoms with Gasteiger partial charge in [0.15, 0.2) is 0 Å². The average molecular weight is 199 g/mol. The van der Waals surface area contributed by atoms with Crippen LogP contribution in [-0.2, 0) is 0 Å². The van der Waals surface area contributed by atoms with Crippen molar-refractivity contribution in [3.63, 3.8) is 0 Å². The maximum absolute atomic E-state index is 11.1. The first-order valence-corrected chi connectivity index (χ1v) is 5.46. The molecule has 2 N–H and O–H groups in total. The highest BCUT2D eigenvalue weighted by Gasteiger charge is 2.25. The summed E-state index contributed by atoms with van der Waals surface area (Å²) in [5, 5.41) is 5.62. The van der Waals surface area contributed by atoms with E-state index >= 15 is 0 Å². The Balaban J connectivity index is 1.94. The lowest BCUT2D eigenvalue weighted by Crippen LogP contribution is -2.40. The highest BCUT2D eigenvalue weighted by molar-refractivity contribution is 5.73. The number of nitrogens with zero attached hydrogens (tertiary/aromatic N) is 1. The number of carbonyl (C=O) groups is 1. The van der Waals surface area contributed by atoms with Crippen LogP contribution in [0.15, 0.2) is 0 Å². The van der Waals surface area contributed by atoms with E-state index in [1.165, 1.54) is 12.8 Å². The first-order valence-electron chi connectivity index (χ1n) is 5.46. The molecule has 4 heteroatoms. The van der Waals surface area contributed by atoms with Crippen LogP contribution in [0.5, 0.6) is 0 Å². The molecule has 0 radical (unpaired) electrons. The Morgan fingerprint density at radius 2 is 2.00 bits per heavy atom. The van der Waals surface area contributed by atoms with Crippen molar-refractivity contribution < 1.29 is 4.79 Å². The van der Waals surface area contributed by atoms with Crippen LogP contribution in [-0.4, -0.2) is 43.7 Å². The number of hydrogen-bond donors (Lipinski definition) is 2. The molecule has 0 aromatic heterocycles. The minimum Gasteiger partial charge on any atom is -0.338 e. The van der Waals surface area contributed by atoms with E-state index in [2.05, 4.69) is 22.6 Å².